The SMILES string of the molecule is Cc1ccc(CCN(C)C(=O)C(C)N)c(C)c1. The third kappa shape index (κ3) is 3.86. The predicted molar refractivity (Wildman–Crippen MR) is 70.9 cm³/mol. The number of carbonyl (C=O) groups is 1. The second-order valence-electron chi connectivity index (χ2n) is 4.73. The van der Waals surface area contributed by atoms with Crippen molar-refractivity contribution in [3.63, 3.8) is 0 Å². The molecule has 17 heavy (non-hydrogen) atoms. The van der Waals surface area contributed by atoms with E-state index in [9.17, 15) is 4.79 Å². The van der Waals surface area contributed by atoms with Crippen molar-refractivity contribution in [2.75, 3.05) is 13.6 Å². The number of carbonyl (C=O) groups excluding carboxylic acids is 1. The number of hydrogen-bond acceptors (Lipinski definition) is 2. The molecule has 0 bridgehead atoms. The van der Waals surface area contributed by atoms with Crippen molar-refractivity contribution < 1.29 is 4.79 Å². The summed E-state index contributed by atoms with van der Waals surface area (Å²) in [6.45, 7) is 6.62. The third-order valence-electron chi connectivity index (χ3n) is 2.98. The minimum Gasteiger partial charge on any atom is -0.344 e. The van der Waals surface area contributed by atoms with E-state index in [1.165, 1.54) is 16.7 Å². The highest BCUT2D eigenvalue weighted by Gasteiger charge is 2.13. The molecule has 1 amide bonds. The number of nitrogens with two attached hydrogens (primary N) is 1. The normalized spacial score (nSPS) is 12.3. The first-order valence-electron chi connectivity index (χ1n) is 5.98. The largest absolute Gasteiger partial charge is 0.344 e. The van der Waals surface area contributed by atoms with E-state index in [2.05, 4.69) is 32.0 Å². The topological polar surface area (TPSA) is 46.3 Å². The molecule has 0 saturated heterocycles. The minimum absolute atomic E-state index is 0.00485. The number of nitrogens with zero attached hydrogens (tertiary/aromatic N) is 1. The van der Waals surface area contributed by atoms with Crippen LogP contribution in [0.1, 0.15) is 23.6 Å². The summed E-state index contributed by atoms with van der Waals surface area (Å²) >= 11 is 0. The van der Waals surface area contributed by atoms with Gasteiger partial charge in [-0.25, -0.2) is 0 Å². The highest BCUT2D eigenvalue weighted by atomic mass is 16.2. The molecule has 0 aromatic heterocycles. The Bertz CT molecular complexity index is 399. The molecular formula is C14H22N2O. The van der Waals surface area contributed by atoms with Gasteiger partial charge < -0.3 is 10.6 Å². The summed E-state index contributed by atoms with van der Waals surface area (Å²) in [6, 6.07) is 5.99. The van der Waals surface area contributed by atoms with Crippen LogP contribution >= 0.6 is 0 Å². The summed E-state index contributed by atoms with van der Waals surface area (Å²) in [4.78, 5) is 13.3. The zero-order chi connectivity index (χ0) is 13.0. The molecule has 0 heterocycles. The standard InChI is InChI=1S/C14H22N2O/c1-10-5-6-13(11(2)9-10)7-8-16(4)14(17)12(3)15/h5-6,9,12H,7-8,15H2,1-4H3. The van der Waals surface area contributed by atoms with Crippen molar-refractivity contribution in [3.05, 3.63) is 34.9 Å². The van der Waals surface area contributed by atoms with Gasteiger partial charge in [0, 0.05) is 13.6 Å². The van der Waals surface area contributed by atoms with Gasteiger partial charge in [-0.3, -0.25) is 4.79 Å². The summed E-state index contributed by atoms with van der Waals surface area (Å²) in [5.74, 6) is -0.00485. The fourth-order valence-electron chi connectivity index (χ4n) is 1.87. The van der Waals surface area contributed by atoms with Crippen LogP contribution in [0.2, 0.25) is 0 Å². The van der Waals surface area contributed by atoms with Gasteiger partial charge in [0.2, 0.25) is 5.91 Å². The Kier molecular flexibility index (Phi) is 4.70. The lowest BCUT2D eigenvalue weighted by Crippen LogP contribution is -2.40. The molecule has 3 nitrogen and oxygen atoms in total. The van der Waals surface area contributed by atoms with Crippen LogP contribution in [-0.2, 0) is 11.2 Å². The Morgan fingerprint density at radius 1 is 1.41 bits per heavy atom. The Balaban J connectivity index is 2.59. The molecule has 0 radical (unpaired) electrons. The van der Waals surface area contributed by atoms with Gasteiger partial charge in [0.05, 0.1) is 6.04 Å². The lowest BCUT2D eigenvalue weighted by molar-refractivity contribution is -0.130. The van der Waals surface area contributed by atoms with Crippen molar-refractivity contribution in [2.24, 2.45) is 5.73 Å². The van der Waals surface area contributed by atoms with Crippen molar-refractivity contribution >= 4 is 5.91 Å². The summed E-state index contributed by atoms with van der Waals surface area (Å²) < 4.78 is 0. The maximum atomic E-state index is 11.6. The van der Waals surface area contributed by atoms with Gasteiger partial charge in [0.25, 0.3) is 0 Å². The van der Waals surface area contributed by atoms with Crippen LogP contribution in [0.4, 0.5) is 0 Å². The zero-order valence-electron chi connectivity index (χ0n) is 11.2. The van der Waals surface area contributed by atoms with Gasteiger partial charge in [-0.05, 0) is 38.3 Å². The fourth-order valence-corrected chi connectivity index (χ4v) is 1.87. The average molecular weight is 234 g/mol. The second kappa shape index (κ2) is 5.82. The van der Waals surface area contributed by atoms with E-state index in [1.54, 1.807) is 18.9 Å². The maximum absolute atomic E-state index is 11.6. The van der Waals surface area contributed by atoms with E-state index < -0.39 is 6.04 Å². The van der Waals surface area contributed by atoms with Crippen LogP contribution in [0.25, 0.3) is 0 Å². The highest BCUT2D eigenvalue weighted by Crippen LogP contribution is 2.11. The second-order valence-corrected chi connectivity index (χ2v) is 4.73. The first-order valence-corrected chi connectivity index (χ1v) is 5.98. The molecule has 1 aromatic carbocycles. The van der Waals surface area contributed by atoms with E-state index in [4.69, 9.17) is 5.73 Å². The van der Waals surface area contributed by atoms with E-state index >= 15 is 0 Å². The number of rotatable bonds is 4. The number of benzene rings is 1. The molecule has 0 fully saturated rings. The number of likely N-dealkylation sites (N-methyl/N-ethyl adjacent to an activating group) is 1. The molecule has 1 rings (SSSR count). The van der Waals surface area contributed by atoms with Crippen LogP contribution in [0.5, 0.6) is 0 Å². The molecule has 94 valence electrons. The molecule has 3 heteroatoms. The molecule has 1 unspecified atom stereocenters. The van der Waals surface area contributed by atoms with E-state index in [1.807, 2.05) is 0 Å². The molecule has 0 aliphatic heterocycles. The summed E-state index contributed by atoms with van der Waals surface area (Å²) in [5.41, 5.74) is 9.41. The number of hydrogen-bond donors (Lipinski definition) is 1. The van der Waals surface area contributed by atoms with Crippen LogP contribution in [0, 0.1) is 13.8 Å². The predicted octanol–water partition coefficient (Wildman–Crippen LogP) is 1.65. The Morgan fingerprint density at radius 2 is 2.06 bits per heavy atom. The molecule has 0 aliphatic rings. The van der Waals surface area contributed by atoms with Crippen LogP contribution in [-0.4, -0.2) is 30.4 Å². The molecule has 1 aromatic rings. The fraction of sp³-hybridized carbons (Fsp3) is 0.500. The lowest BCUT2D eigenvalue weighted by atomic mass is 10.0. The van der Waals surface area contributed by atoms with Crippen LogP contribution in [0.3, 0.4) is 0 Å². The van der Waals surface area contributed by atoms with Gasteiger partial charge in [-0.15, -0.1) is 0 Å². The quantitative estimate of drug-likeness (QED) is 0.861. The summed E-state index contributed by atoms with van der Waals surface area (Å²) in [6.07, 6.45) is 0.876. The monoisotopic (exact) mass is 234 g/mol. The van der Waals surface area contributed by atoms with Gasteiger partial charge in [0.15, 0.2) is 0 Å². The van der Waals surface area contributed by atoms with Crippen molar-refractivity contribution in [1.29, 1.82) is 0 Å². The molecule has 2 N–H and O–H groups in total. The van der Waals surface area contributed by atoms with Crippen LogP contribution < -0.4 is 5.73 Å². The molecule has 0 aliphatic carbocycles. The smallest absolute Gasteiger partial charge is 0.238 e. The van der Waals surface area contributed by atoms with E-state index in [-0.39, 0.29) is 5.91 Å². The zero-order valence-corrected chi connectivity index (χ0v) is 11.2. The van der Waals surface area contributed by atoms with Crippen molar-refractivity contribution in [3.8, 4) is 0 Å². The number of aryl methyl sites for hydroxylation is 2. The maximum Gasteiger partial charge on any atom is 0.238 e. The third-order valence-corrected chi connectivity index (χ3v) is 2.98. The average Bonchev–Trinajstić information content (AvgIpc) is 2.26. The Labute approximate surface area is 104 Å². The molecular weight excluding hydrogens is 212 g/mol. The number of amides is 1. The van der Waals surface area contributed by atoms with Gasteiger partial charge >= 0.3 is 0 Å². The van der Waals surface area contributed by atoms with Crippen molar-refractivity contribution in [1.82, 2.24) is 4.90 Å². The highest BCUT2D eigenvalue weighted by molar-refractivity contribution is 5.80. The van der Waals surface area contributed by atoms with Gasteiger partial charge in [-0.1, -0.05) is 23.8 Å². The van der Waals surface area contributed by atoms with Crippen molar-refractivity contribution in [2.45, 2.75) is 33.2 Å². The minimum atomic E-state index is -0.417. The Morgan fingerprint density at radius 3 is 2.59 bits per heavy atom. The van der Waals surface area contributed by atoms with E-state index in [0.717, 1.165) is 6.42 Å². The summed E-state index contributed by atoms with van der Waals surface area (Å²) in [7, 11) is 1.80. The van der Waals surface area contributed by atoms with Gasteiger partial charge in [-0.2, -0.15) is 0 Å². The molecule has 0 saturated carbocycles. The van der Waals surface area contributed by atoms with Crippen LogP contribution in [0.15, 0.2) is 18.2 Å². The lowest BCUT2D eigenvalue weighted by Gasteiger charge is -2.19. The molecule has 0 spiro atoms. The first-order chi connectivity index (χ1) is 7.91. The Hall–Kier alpha value is -1.35. The van der Waals surface area contributed by atoms with E-state index in [0.29, 0.717) is 6.54 Å². The first kappa shape index (κ1) is 13.7. The van der Waals surface area contributed by atoms with Gasteiger partial charge in [0.1, 0.15) is 0 Å². The molecule has 1 atom stereocenters. The summed E-state index contributed by atoms with van der Waals surface area (Å²) in [5, 5.41) is 0.